The molecule has 0 N–H and O–H groups in total. The van der Waals surface area contributed by atoms with Crippen molar-refractivity contribution in [2.24, 2.45) is 0 Å². The van der Waals surface area contributed by atoms with E-state index in [9.17, 15) is 4.79 Å². The van der Waals surface area contributed by atoms with Crippen molar-refractivity contribution in [2.75, 3.05) is 13.7 Å². The number of carbonyl (C=O) groups is 1. The van der Waals surface area contributed by atoms with E-state index in [-0.39, 0.29) is 11.8 Å². The first-order valence-electron chi connectivity index (χ1n) is 9.49. The van der Waals surface area contributed by atoms with Crippen LogP contribution in [0.15, 0.2) is 59.1 Å². The van der Waals surface area contributed by atoms with Crippen LogP contribution < -0.4 is 4.74 Å². The number of rotatable bonds is 7. The topological polar surface area (TPSA) is 68.5 Å². The van der Waals surface area contributed by atoms with Crippen molar-refractivity contribution in [3.8, 4) is 5.75 Å². The minimum Gasteiger partial charge on any atom is -0.496 e. The van der Waals surface area contributed by atoms with E-state index in [0.717, 1.165) is 17.7 Å². The standard InChI is InChI=1S/C22H23N3O3/c1-27-19-10-6-5-9-17(19)14-25-15-18(13-21(25)26)22-23-20(28-24-22)12-11-16-7-3-2-4-8-16/h2-10,18H,11-15H2,1H3. The fourth-order valence-electron chi connectivity index (χ4n) is 3.57. The van der Waals surface area contributed by atoms with Crippen LogP contribution in [0.5, 0.6) is 5.75 Å². The number of likely N-dealkylation sites (tertiary alicyclic amines) is 1. The summed E-state index contributed by atoms with van der Waals surface area (Å²) >= 11 is 0. The van der Waals surface area contributed by atoms with Crippen LogP contribution in [0.1, 0.15) is 35.2 Å². The Labute approximate surface area is 164 Å². The molecule has 6 nitrogen and oxygen atoms in total. The second-order valence-corrected chi connectivity index (χ2v) is 7.02. The molecule has 1 amide bonds. The van der Waals surface area contributed by atoms with Crippen molar-refractivity contribution in [2.45, 2.75) is 31.7 Å². The van der Waals surface area contributed by atoms with E-state index in [4.69, 9.17) is 9.26 Å². The summed E-state index contributed by atoms with van der Waals surface area (Å²) in [6.07, 6.45) is 1.96. The Bertz CT molecular complexity index is 939. The van der Waals surface area contributed by atoms with Gasteiger partial charge in [-0.15, -0.1) is 0 Å². The van der Waals surface area contributed by atoms with Gasteiger partial charge < -0.3 is 14.2 Å². The number of methoxy groups -OCH3 is 1. The molecule has 0 saturated carbocycles. The quantitative estimate of drug-likeness (QED) is 0.631. The van der Waals surface area contributed by atoms with Gasteiger partial charge in [0.25, 0.3) is 0 Å². The molecule has 1 fully saturated rings. The molecule has 1 unspecified atom stereocenters. The number of amides is 1. The van der Waals surface area contributed by atoms with Crippen molar-refractivity contribution in [1.29, 1.82) is 0 Å². The molecule has 4 rings (SSSR count). The van der Waals surface area contributed by atoms with Gasteiger partial charge in [-0.25, -0.2) is 0 Å². The van der Waals surface area contributed by atoms with Gasteiger partial charge in [0.05, 0.1) is 7.11 Å². The summed E-state index contributed by atoms with van der Waals surface area (Å²) in [7, 11) is 1.64. The number of ether oxygens (including phenoxy) is 1. The highest BCUT2D eigenvalue weighted by molar-refractivity contribution is 5.79. The smallest absolute Gasteiger partial charge is 0.226 e. The third-order valence-corrected chi connectivity index (χ3v) is 5.09. The van der Waals surface area contributed by atoms with Gasteiger partial charge in [0.1, 0.15) is 5.75 Å². The number of hydrogen-bond acceptors (Lipinski definition) is 5. The van der Waals surface area contributed by atoms with Gasteiger partial charge in [0.15, 0.2) is 5.82 Å². The molecule has 1 aliphatic rings. The van der Waals surface area contributed by atoms with Gasteiger partial charge >= 0.3 is 0 Å². The average molecular weight is 377 g/mol. The van der Waals surface area contributed by atoms with Gasteiger partial charge in [-0.05, 0) is 18.1 Å². The molecular formula is C22H23N3O3. The van der Waals surface area contributed by atoms with Crippen molar-refractivity contribution < 1.29 is 14.1 Å². The van der Waals surface area contributed by atoms with Crippen molar-refractivity contribution in [1.82, 2.24) is 15.0 Å². The lowest BCUT2D eigenvalue weighted by Gasteiger charge is -2.17. The normalized spacial score (nSPS) is 16.5. The Hall–Kier alpha value is -3.15. The number of benzene rings is 2. The summed E-state index contributed by atoms with van der Waals surface area (Å²) in [4.78, 5) is 18.8. The molecule has 144 valence electrons. The van der Waals surface area contributed by atoms with E-state index in [1.165, 1.54) is 5.56 Å². The maximum Gasteiger partial charge on any atom is 0.226 e. The molecule has 3 aromatic rings. The molecule has 0 spiro atoms. The number of carbonyl (C=O) groups excluding carboxylic acids is 1. The highest BCUT2D eigenvalue weighted by Gasteiger charge is 2.34. The third kappa shape index (κ3) is 4.06. The maximum absolute atomic E-state index is 12.5. The zero-order valence-corrected chi connectivity index (χ0v) is 15.9. The second-order valence-electron chi connectivity index (χ2n) is 7.02. The fraction of sp³-hybridized carbons (Fsp3) is 0.318. The van der Waals surface area contributed by atoms with Crippen LogP contribution >= 0.6 is 0 Å². The van der Waals surface area contributed by atoms with Gasteiger partial charge in [0.2, 0.25) is 11.8 Å². The Morgan fingerprint density at radius 3 is 2.71 bits per heavy atom. The van der Waals surface area contributed by atoms with Crippen molar-refractivity contribution >= 4 is 5.91 Å². The molecule has 1 saturated heterocycles. The van der Waals surface area contributed by atoms with E-state index < -0.39 is 0 Å². The van der Waals surface area contributed by atoms with E-state index in [1.807, 2.05) is 47.4 Å². The summed E-state index contributed by atoms with van der Waals surface area (Å²) in [5.74, 6) is 2.11. The highest BCUT2D eigenvalue weighted by Crippen LogP contribution is 2.29. The molecule has 1 aliphatic heterocycles. The summed E-state index contributed by atoms with van der Waals surface area (Å²) in [5, 5.41) is 4.13. The Morgan fingerprint density at radius 1 is 1.11 bits per heavy atom. The molecule has 1 atom stereocenters. The Kier molecular flexibility index (Phi) is 5.37. The second kappa shape index (κ2) is 8.25. The molecule has 0 radical (unpaired) electrons. The monoisotopic (exact) mass is 377 g/mol. The van der Waals surface area contributed by atoms with Crippen LogP contribution in [0.4, 0.5) is 0 Å². The molecule has 2 aromatic carbocycles. The number of hydrogen-bond donors (Lipinski definition) is 0. The Morgan fingerprint density at radius 2 is 1.89 bits per heavy atom. The zero-order chi connectivity index (χ0) is 19.3. The molecular weight excluding hydrogens is 354 g/mol. The van der Waals surface area contributed by atoms with E-state index in [0.29, 0.717) is 37.6 Å². The lowest BCUT2D eigenvalue weighted by Crippen LogP contribution is -2.24. The molecule has 1 aromatic heterocycles. The van der Waals surface area contributed by atoms with E-state index in [1.54, 1.807) is 7.11 Å². The minimum absolute atomic E-state index is 0.0311. The summed E-state index contributed by atoms with van der Waals surface area (Å²) in [5.41, 5.74) is 2.23. The van der Waals surface area contributed by atoms with Crippen LogP contribution in [0.3, 0.4) is 0 Å². The summed E-state index contributed by atoms with van der Waals surface area (Å²) < 4.78 is 10.8. The number of aromatic nitrogens is 2. The lowest BCUT2D eigenvalue weighted by atomic mass is 10.1. The molecule has 0 bridgehead atoms. The summed E-state index contributed by atoms with van der Waals surface area (Å²) in [6, 6.07) is 18.0. The van der Waals surface area contributed by atoms with Crippen LogP contribution in [-0.2, 0) is 24.2 Å². The van der Waals surface area contributed by atoms with Crippen LogP contribution in [0.2, 0.25) is 0 Å². The number of para-hydroxylation sites is 1. The molecule has 0 aliphatic carbocycles. The zero-order valence-electron chi connectivity index (χ0n) is 15.9. The van der Waals surface area contributed by atoms with Crippen LogP contribution in [0, 0.1) is 0 Å². The van der Waals surface area contributed by atoms with Crippen molar-refractivity contribution in [3.63, 3.8) is 0 Å². The first kappa shape index (κ1) is 18.2. The van der Waals surface area contributed by atoms with Gasteiger partial charge in [-0.3, -0.25) is 4.79 Å². The predicted molar refractivity (Wildman–Crippen MR) is 104 cm³/mol. The lowest BCUT2D eigenvalue weighted by molar-refractivity contribution is -0.128. The number of aryl methyl sites for hydroxylation is 2. The van der Waals surface area contributed by atoms with Gasteiger partial charge in [-0.1, -0.05) is 53.7 Å². The predicted octanol–water partition coefficient (Wildman–Crippen LogP) is 3.38. The Balaban J connectivity index is 1.38. The SMILES string of the molecule is COc1ccccc1CN1CC(c2noc(CCc3ccccc3)n2)CC1=O. The van der Waals surface area contributed by atoms with Crippen molar-refractivity contribution in [3.05, 3.63) is 77.4 Å². The molecule has 2 heterocycles. The van der Waals surface area contributed by atoms with E-state index in [2.05, 4.69) is 22.3 Å². The van der Waals surface area contributed by atoms with Gasteiger partial charge in [-0.2, -0.15) is 4.98 Å². The summed E-state index contributed by atoms with van der Waals surface area (Å²) in [6.45, 7) is 1.12. The van der Waals surface area contributed by atoms with Gasteiger partial charge in [0, 0.05) is 37.4 Å². The van der Waals surface area contributed by atoms with Crippen LogP contribution in [-0.4, -0.2) is 34.6 Å². The number of nitrogens with zero attached hydrogens (tertiary/aromatic N) is 3. The molecule has 6 heteroatoms. The van der Waals surface area contributed by atoms with Crippen LogP contribution in [0.25, 0.3) is 0 Å². The fourth-order valence-corrected chi connectivity index (χ4v) is 3.57. The highest BCUT2D eigenvalue weighted by atomic mass is 16.5. The largest absolute Gasteiger partial charge is 0.496 e. The maximum atomic E-state index is 12.5. The molecule has 28 heavy (non-hydrogen) atoms. The first-order chi connectivity index (χ1) is 13.7. The third-order valence-electron chi connectivity index (χ3n) is 5.09. The minimum atomic E-state index is -0.0311. The average Bonchev–Trinajstić information content (AvgIpc) is 3.35. The van der Waals surface area contributed by atoms with E-state index >= 15 is 0 Å². The first-order valence-corrected chi connectivity index (χ1v) is 9.49.